The number of benzene rings is 1. The average Bonchev–Trinajstić information content (AvgIpc) is 3.23. The molecule has 0 radical (unpaired) electrons. The Morgan fingerprint density at radius 1 is 1.16 bits per heavy atom. The summed E-state index contributed by atoms with van der Waals surface area (Å²) in [6.07, 6.45) is 3.33. The molecule has 4 heteroatoms. The molecular formula is C21H28N2OS. The first-order chi connectivity index (χ1) is 12.0. The molecule has 1 aliphatic rings. The van der Waals surface area contributed by atoms with Crippen LogP contribution in [0.4, 0.5) is 0 Å². The number of nitrogens with one attached hydrogen (secondary N) is 2. The molecular weight excluding hydrogens is 328 g/mol. The predicted molar refractivity (Wildman–Crippen MR) is 105 cm³/mol. The van der Waals surface area contributed by atoms with Crippen molar-refractivity contribution in [3.63, 3.8) is 0 Å². The summed E-state index contributed by atoms with van der Waals surface area (Å²) in [4.78, 5) is 13.6. The van der Waals surface area contributed by atoms with Crippen molar-refractivity contribution in [2.45, 2.75) is 58.2 Å². The van der Waals surface area contributed by atoms with E-state index < -0.39 is 0 Å². The second-order valence-electron chi connectivity index (χ2n) is 7.46. The summed E-state index contributed by atoms with van der Waals surface area (Å²) in [6.45, 7) is 6.43. The van der Waals surface area contributed by atoms with Crippen LogP contribution in [0.1, 0.15) is 55.7 Å². The van der Waals surface area contributed by atoms with Crippen molar-refractivity contribution in [3.05, 3.63) is 57.8 Å². The van der Waals surface area contributed by atoms with Crippen LogP contribution in [0, 0.1) is 5.92 Å². The molecule has 0 saturated heterocycles. The third kappa shape index (κ3) is 5.16. The highest BCUT2D eigenvalue weighted by atomic mass is 32.1. The number of carbonyl (C=O) groups excluding carboxylic acids is 1. The van der Waals surface area contributed by atoms with Crippen molar-refractivity contribution in [1.82, 2.24) is 10.6 Å². The normalized spacial score (nSPS) is 16.6. The largest absolute Gasteiger partial charge is 0.352 e. The quantitative estimate of drug-likeness (QED) is 0.741. The second-order valence-corrected chi connectivity index (χ2v) is 8.44. The van der Waals surface area contributed by atoms with Crippen molar-refractivity contribution in [3.8, 4) is 0 Å². The standard InChI is InChI=1S/C21H28N2OS/c1-14(2)13-16-6-8-17(9-7-16)20(19-5-4-12-25-19)22-15(3)21(24)23-18-10-11-18/h4-9,12,14-15,18,20,22H,10-11,13H2,1-3H3,(H,23,24)/t15-,20+/m1/s1. The fraction of sp³-hybridized carbons (Fsp3) is 0.476. The van der Waals surface area contributed by atoms with E-state index in [2.05, 4.69) is 66.3 Å². The van der Waals surface area contributed by atoms with E-state index in [-0.39, 0.29) is 18.0 Å². The van der Waals surface area contributed by atoms with Gasteiger partial charge in [0, 0.05) is 10.9 Å². The monoisotopic (exact) mass is 356 g/mol. The fourth-order valence-corrected chi connectivity index (χ4v) is 3.81. The SMILES string of the molecule is CC(C)Cc1ccc([C@H](N[C@H](C)C(=O)NC2CC2)c2cccs2)cc1. The Hall–Kier alpha value is -1.65. The smallest absolute Gasteiger partial charge is 0.237 e. The first-order valence-electron chi connectivity index (χ1n) is 9.21. The molecule has 1 aromatic carbocycles. The zero-order chi connectivity index (χ0) is 17.8. The molecule has 1 amide bonds. The van der Waals surface area contributed by atoms with Crippen LogP contribution in [0.5, 0.6) is 0 Å². The number of thiophene rings is 1. The molecule has 2 N–H and O–H groups in total. The Labute approximate surface area is 154 Å². The minimum atomic E-state index is -0.219. The molecule has 1 heterocycles. The highest BCUT2D eigenvalue weighted by molar-refractivity contribution is 7.10. The predicted octanol–water partition coefficient (Wildman–Crippen LogP) is 4.29. The molecule has 1 aliphatic carbocycles. The number of hydrogen-bond acceptors (Lipinski definition) is 3. The Balaban J connectivity index is 1.74. The van der Waals surface area contributed by atoms with Crippen LogP contribution in [-0.4, -0.2) is 18.0 Å². The molecule has 1 aromatic heterocycles. The summed E-state index contributed by atoms with van der Waals surface area (Å²) < 4.78 is 0. The van der Waals surface area contributed by atoms with E-state index in [1.54, 1.807) is 11.3 Å². The van der Waals surface area contributed by atoms with Gasteiger partial charge in [-0.1, -0.05) is 44.2 Å². The molecule has 25 heavy (non-hydrogen) atoms. The van der Waals surface area contributed by atoms with Gasteiger partial charge in [0.25, 0.3) is 0 Å². The molecule has 2 aromatic rings. The van der Waals surface area contributed by atoms with E-state index in [1.165, 1.54) is 16.0 Å². The molecule has 1 saturated carbocycles. The highest BCUT2D eigenvalue weighted by Gasteiger charge is 2.27. The van der Waals surface area contributed by atoms with E-state index in [0.717, 1.165) is 19.3 Å². The summed E-state index contributed by atoms with van der Waals surface area (Å²) >= 11 is 1.73. The third-order valence-electron chi connectivity index (χ3n) is 4.52. The van der Waals surface area contributed by atoms with Gasteiger partial charge in [-0.3, -0.25) is 10.1 Å². The lowest BCUT2D eigenvalue weighted by Gasteiger charge is -2.23. The number of carbonyl (C=O) groups is 1. The molecule has 1 fully saturated rings. The summed E-state index contributed by atoms with van der Waals surface area (Å²) in [5, 5.41) is 8.70. The Bertz CT molecular complexity index is 674. The van der Waals surface area contributed by atoms with Gasteiger partial charge in [-0.15, -0.1) is 11.3 Å². The van der Waals surface area contributed by atoms with Gasteiger partial charge in [-0.05, 0) is 54.7 Å². The maximum absolute atomic E-state index is 12.3. The van der Waals surface area contributed by atoms with Crippen molar-refractivity contribution in [2.75, 3.05) is 0 Å². The van der Waals surface area contributed by atoms with E-state index in [1.807, 2.05) is 6.92 Å². The Kier molecular flexibility index (Phi) is 5.92. The summed E-state index contributed by atoms with van der Waals surface area (Å²) in [5.41, 5.74) is 2.57. The lowest BCUT2D eigenvalue weighted by Crippen LogP contribution is -2.44. The van der Waals surface area contributed by atoms with Crippen LogP contribution in [0.2, 0.25) is 0 Å². The van der Waals surface area contributed by atoms with E-state index in [9.17, 15) is 4.79 Å². The van der Waals surface area contributed by atoms with Gasteiger partial charge in [0.1, 0.15) is 0 Å². The molecule has 0 aliphatic heterocycles. The van der Waals surface area contributed by atoms with Gasteiger partial charge < -0.3 is 5.32 Å². The van der Waals surface area contributed by atoms with E-state index in [0.29, 0.717) is 12.0 Å². The van der Waals surface area contributed by atoms with E-state index in [4.69, 9.17) is 0 Å². The van der Waals surface area contributed by atoms with Crippen LogP contribution >= 0.6 is 11.3 Å². The van der Waals surface area contributed by atoms with E-state index >= 15 is 0 Å². The summed E-state index contributed by atoms with van der Waals surface area (Å²) in [6, 6.07) is 13.2. The number of hydrogen-bond donors (Lipinski definition) is 2. The fourth-order valence-electron chi connectivity index (χ4n) is 3.00. The van der Waals surface area contributed by atoms with Crippen LogP contribution in [0.15, 0.2) is 41.8 Å². The molecule has 3 nitrogen and oxygen atoms in total. The second kappa shape index (κ2) is 8.15. The highest BCUT2D eigenvalue weighted by Crippen LogP contribution is 2.27. The molecule has 0 spiro atoms. The summed E-state index contributed by atoms with van der Waals surface area (Å²) in [7, 11) is 0. The van der Waals surface area contributed by atoms with Crippen molar-refractivity contribution >= 4 is 17.2 Å². The lowest BCUT2D eigenvalue weighted by molar-refractivity contribution is -0.123. The minimum absolute atomic E-state index is 0.0491. The van der Waals surface area contributed by atoms with Gasteiger partial charge in [0.2, 0.25) is 5.91 Å². The first kappa shape index (κ1) is 18.2. The number of rotatable bonds is 8. The van der Waals surface area contributed by atoms with Gasteiger partial charge in [0.15, 0.2) is 0 Å². The maximum atomic E-state index is 12.3. The minimum Gasteiger partial charge on any atom is -0.352 e. The van der Waals surface area contributed by atoms with Crippen LogP contribution in [0.3, 0.4) is 0 Å². The molecule has 0 unspecified atom stereocenters. The van der Waals surface area contributed by atoms with Gasteiger partial charge in [-0.25, -0.2) is 0 Å². The third-order valence-corrected chi connectivity index (χ3v) is 5.46. The molecule has 2 atom stereocenters. The van der Waals surface area contributed by atoms with Crippen molar-refractivity contribution in [1.29, 1.82) is 0 Å². The topological polar surface area (TPSA) is 41.1 Å². The molecule has 3 rings (SSSR count). The molecule has 134 valence electrons. The molecule has 0 bridgehead atoms. The lowest BCUT2D eigenvalue weighted by atomic mass is 9.98. The maximum Gasteiger partial charge on any atom is 0.237 e. The van der Waals surface area contributed by atoms with Crippen LogP contribution < -0.4 is 10.6 Å². The zero-order valence-electron chi connectivity index (χ0n) is 15.3. The van der Waals surface area contributed by atoms with Crippen LogP contribution in [-0.2, 0) is 11.2 Å². The van der Waals surface area contributed by atoms with Crippen LogP contribution in [0.25, 0.3) is 0 Å². The van der Waals surface area contributed by atoms with Gasteiger partial charge in [0.05, 0.1) is 12.1 Å². The van der Waals surface area contributed by atoms with Crippen molar-refractivity contribution in [2.24, 2.45) is 5.92 Å². The Morgan fingerprint density at radius 2 is 1.88 bits per heavy atom. The number of amides is 1. The summed E-state index contributed by atoms with van der Waals surface area (Å²) in [5.74, 6) is 0.753. The average molecular weight is 357 g/mol. The van der Waals surface area contributed by atoms with Gasteiger partial charge >= 0.3 is 0 Å². The van der Waals surface area contributed by atoms with Gasteiger partial charge in [-0.2, -0.15) is 0 Å². The Morgan fingerprint density at radius 3 is 2.44 bits per heavy atom. The van der Waals surface area contributed by atoms with Crippen molar-refractivity contribution < 1.29 is 4.79 Å². The zero-order valence-corrected chi connectivity index (χ0v) is 16.1. The first-order valence-corrected chi connectivity index (χ1v) is 10.1.